The molecule has 0 saturated heterocycles. The van der Waals surface area contributed by atoms with Crippen molar-refractivity contribution in [2.45, 2.75) is 83.0 Å². The van der Waals surface area contributed by atoms with Gasteiger partial charge in [0.05, 0.1) is 11.2 Å². The first kappa shape index (κ1) is 26.8. The first-order valence-corrected chi connectivity index (χ1v) is 13.9. The van der Waals surface area contributed by atoms with Crippen molar-refractivity contribution < 1.29 is 13.0 Å². The molecule has 3 nitrogen and oxygen atoms in total. The van der Waals surface area contributed by atoms with Crippen molar-refractivity contribution in [2.75, 3.05) is 17.8 Å². The van der Waals surface area contributed by atoms with Crippen molar-refractivity contribution in [3.63, 3.8) is 0 Å². The van der Waals surface area contributed by atoms with Gasteiger partial charge in [0.15, 0.2) is 0 Å². The minimum Gasteiger partial charge on any atom is -0.744 e. The van der Waals surface area contributed by atoms with E-state index in [1.54, 1.807) is 0 Å². The minimum absolute atomic E-state index is 0.262. The van der Waals surface area contributed by atoms with Gasteiger partial charge >= 0.3 is 0 Å². The summed E-state index contributed by atoms with van der Waals surface area (Å²) in [5.41, 5.74) is 0. The van der Waals surface area contributed by atoms with Crippen molar-refractivity contribution in [1.29, 1.82) is 0 Å². The summed E-state index contributed by atoms with van der Waals surface area (Å²) in [4.78, 5) is -0.262. The second kappa shape index (κ2) is 16.7. The second-order valence-corrected chi connectivity index (χ2v) is 11.2. The highest BCUT2D eigenvalue weighted by Crippen LogP contribution is 2.13. The maximum atomic E-state index is 10.3. The van der Waals surface area contributed by atoms with E-state index in [1.165, 1.54) is 100.0 Å². The Balaban J connectivity index is 0.000000533. The monoisotopic (exact) mass is 436 g/mol. The Bertz CT molecular complexity index is 559. The van der Waals surface area contributed by atoms with Crippen LogP contribution in [0.3, 0.4) is 0 Å². The summed E-state index contributed by atoms with van der Waals surface area (Å²) >= 11 is 5.46. The van der Waals surface area contributed by atoms with Gasteiger partial charge in [-0.2, -0.15) is 0 Å². The molecule has 0 aliphatic heterocycles. The lowest BCUT2D eigenvalue weighted by Crippen LogP contribution is -2.06. The Labute approximate surface area is 175 Å². The average molecular weight is 437 g/mol. The summed E-state index contributed by atoms with van der Waals surface area (Å²) in [6.45, 7) is 4.61. The molecule has 0 aliphatic carbocycles. The van der Waals surface area contributed by atoms with Crippen LogP contribution in [0.15, 0.2) is 29.2 Å². The molecule has 0 N–H and O–H groups in total. The molecule has 6 heteroatoms. The Morgan fingerprint density at radius 1 is 0.852 bits per heavy atom. The summed E-state index contributed by atoms with van der Waals surface area (Å²) in [7, 11) is -3.62. The fourth-order valence-electron chi connectivity index (χ4n) is 2.58. The number of hydrogen-bond donors (Lipinski definition) is 0. The van der Waals surface area contributed by atoms with E-state index in [9.17, 15) is 13.0 Å². The number of benzene rings is 1. The van der Waals surface area contributed by atoms with Crippen LogP contribution in [0.25, 0.3) is 0 Å². The lowest BCUT2D eigenvalue weighted by Gasteiger charge is -2.05. The fraction of sp³-hybridized carbons (Fsp3) is 0.714. The normalized spacial score (nSPS) is 12.3. The molecule has 27 heavy (non-hydrogen) atoms. The van der Waals surface area contributed by atoms with E-state index >= 15 is 0 Å². The number of rotatable bonds is 13. The van der Waals surface area contributed by atoms with Gasteiger partial charge < -0.3 is 4.55 Å². The van der Waals surface area contributed by atoms with Gasteiger partial charge in [-0.1, -0.05) is 69.9 Å². The molecule has 0 saturated carbocycles. The fourth-order valence-corrected chi connectivity index (χ4v) is 4.16. The molecule has 0 radical (unpaired) electrons. The van der Waals surface area contributed by atoms with Crippen LogP contribution in [0.4, 0.5) is 0 Å². The first-order valence-electron chi connectivity index (χ1n) is 10.1. The zero-order valence-electron chi connectivity index (χ0n) is 17.2. The van der Waals surface area contributed by atoms with E-state index < -0.39 is 10.1 Å². The van der Waals surface area contributed by atoms with Crippen LogP contribution in [-0.2, 0) is 21.0 Å². The lowest BCUT2D eigenvalue weighted by atomic mass is 10.1. The molecule has 0 fully saturated rings. The highest BCUT2D eigenvalue weighted by atomic mass is 35.5. The summed E-state index contributed by atoms with van der Waals surface area (Å²) in [6, 6.07) is 5.05. The summed E-state index contributed by atoms with van der Waals surface area (Å²) in [5.74, 6) is 2.87. The van der Waals surface area contributed by atoms with E-state index in [0.717, 1.165) is 0 Å². The van der Waals surface area contributed by atoms with Crippen molar-refractivity contribution in [3.8, 4) is 0 Å². The molecule has 0 bridgehead atoms. The SMILES string of the molecule is CCCCCCCCCCCC[S+](C)CC.O=S(=O)([O-])c1ccc(Cl)cc1. The second-order valence-electron chi connectivity index (χ2n) is 6.86. The van der Waals surface area contributed by atoms with Gasteiger partial charge in [-0.3, -0.25) is 0 Å². The van der Waals surface area contributed by atoms with Crippen molar-refractivity contribution in [2.24, 2.45) is 0 Å². The zero-order valence-corrected chi connectivity index (χ0v) is 19.6. The topological polar surface area (TPSA) is 57.2 Å². The molecule has 1 atom stereocenters. The van der Waals surface area contributed by atoms with Crippen molar-refractivity contribution in [3.05, 3.63) is 29.3 Å². The molecule has 1 rings (SSSR count). The first-order chi connectivity index (χ1) is 12.8. The highest BCUT2D eigenvalue weighted by molar-refractivity contribution is 7.96. The molecule has 0 spiro atoms. The smallest absolute Gasteiger partial charge is 0.124 e. The standard InChI is InChI=1S/C15H33S.C6H5ClO3S/c1-4-6-7-8-9-10-11-12-13-14-15-16(3)5-2;7-5-1-3-6(4-2-5)11(8,9)10/h4-15H2,1-3H3;1-4H,(H,8,9,10)/q+1;/p-1. The molecule has 0 amide bonds. The van der Waals surface area contributed by atoms with Crippen LogP contribution in [0.5, 0.6) is 0 Å². The van der Waals surface area contributed by atoms with Crippen LogP contribution in [-0.4, -0.2) is 30.7 Å². The Kier molecular flexibility index (Phi) is 16.6. The van der Waals surface area contributed by atoms with E-state index in [2.05, 4.69) is 20.1 Å². The summed E-state index contributed by atoms with van der Waals surface area (Å²) < 4.78 is 31.0. The molecule has 1 aromatic rings. The van der Waals surface area contributed by atoms with Crippen LogP contribution in [0.2, 0.25) is 5.02 Å². The van der Waals surface area contributed by atoms with Gasteiger partial charge in [0.1, 0.15) is 21.6 Å². The molecule has 0 aromatic heterocycles. The third-order valence-corrected chi connectivity index (χ3v) is 7.51. The zero-order chi connectivity index (χ0) is 20.5. The van der Waals surface area contributed by atoms with E-state index in [4.69, 9.17) is 11.6 Å². The third kappa shape index (κ3) is 16.4. The molecule has 1 aromatic carbocycles. The number of halogens is 1. The quantitative estimate of drug-likeness (QED) is 0.203. The molecular weight excluding hydrogens is 400 g/mol. The molecule has 0 aliphatic rings. The highest BCUT2D eigenvalue weighted by Gasteiger charge is 2.05. The molecule has 158 valence electrons. The average Bonchev–Trinajstić information content (AvgIpc) is 2.63. The van der Waals surface area contributed by atoms with E-state index in [0.29, 0.717) is 15.9 Å². The molecular formula is C21H37ClO3S2. The van der Waals surface area contributed by atoms with Crippen LogP contribution < -0.4 is 0 Å². The maximum absolute atomic E-state index is 10.3. The van der Waals surface area contributed by atoms with Gasteiger partial charge in [0.25, 0.3) is 0 Å². The van der Waals surface area contributed by atoms with Crippen molar-refractivity contribution >= 4 is 32.6 Å². The van der Waals surface area contributed by atoms with Crippen LogP contribution in [0, 0.1) is 0 Å². The van der Waals surface area contributed by atoms with Gasteiger partial charge in [-0.05, 0) is 54.9 Å². The van der Waals surface area contributed by atoms with Crippen molar-refractivity contribution in [1.82, 2.24) is 0 Å². The molecule has 1 unspecified atom stereocenters. The summed E-state index contributed by atoms with van der Waals surface area (Å²) in [5, 5.41) is 0.400. The molecule has 0 heterocycles. The summed E-state index contributed by atoms with van der Waals surface area (Å²) in [6.07, 6.45) is 17.0. The minimum atomic E-state index is -4.33. The van der Waals surface area contributed by atoms with Crippen LogP contribution >= 0.6 is 11.6 Å². The Morgan fingerprint density at radius 3 is 1.70 bits per heavy atom. The largest absolute Gasteiger partial charge is 0.744 e. The Hall–Kier alpha value is -0.230. The van der Waals surface area contributed by atoms with E-state index in [1.807, 2.05) is 0 Å². The number of hydrogen-bond acceptors (Lipinski definition) is 3. The third-order valence-electron chi connectivity index (χ3n) is 4.44. The lowest BCUT2D eigenvalue weighted by molar-refractivity contribution is 0.463. The Morgan fingerprint density at radius 2 is 1.30 bits per heavy atom. The van der Waals surface area contributed by atoms with E-state index in [-0.39, 0.29) is 4.90 Å². The van der Waals surface area contributed by atoms with Crippen LogP contribution in [0.1, 0.15) is 78.1 Å². The van der Waals surface area contributed by atoms with Gasteiger partial charge in [-0.25, -0.2) is 8.42 Å². The maximum Gasteiger partial charge on any atom is 0.124 e. The van der Waals surface area contributed by atoms with Gasteiger partial charge in [-0.15, -0.1) is 0 Å². The van der Waals surface area contributed by atoms with Gasteiger partial charge in [0, 0.05) is 5.02 Å². The number of unbranched alkanes of at least 4 members (excludes halogenated alkanes) is 9. The van der Waals surface area contributed by atoms with Gasteiger partial charge in [0.2, 0.25) is 0 Å². The predicted octanol–water partition coefficient (Wildman–Crippen LogP) is 6.42. The predicted molar refractivity (Wildman–Crippen MR) is 120 cm³/mol.